The van der Waals surface area contributed by atoms with E-state index in [1.807, 2.05) is 34.9 Å². The van der Waals surface area contributed by atoms with Crippen LogP contribution in [-0.2, 0) is 0 Å². The van der Waals surface area contributed by atoms with Gasteiger partial charge < -0.3 is 9.84 Å². The highest BCUT2D eigenvalue weighted by Gasteiger charge is 2.09. The van der Waals surface area contributed by atoms with Crippen LogP contribution in [0.2, 0.25) is 0 Å². The smallest absolute Gasteiger partial charge is 0.160 e. The number of nitrogens with zero attached hydrogens (tertiary/aromatic N) is 2. The van der Waals surface area contributed by atoms with Gasteiger partial charge in [-0.25, -0.2) is 4.98 Å². The molecule has 1 aromatic heterocycles. The fourth-order valence-electron chi connectivity index (χ4n) is 2.86. The first kappa shape index (κ1) is 14.3. The molecule has 4 heteroatoms. The molecule has 0 bridgehead atoms. The molecule has 0 aliphatic carbocycles. The minimum atomic E-state index is 0.109. The first-order valence-corrected chi connectivity index (χ1v) is 7.66. The Kier molecular flexibility index (Phi) is 3.43. The van der Waals surface area contributed by atoms with E-state index in [1.54, 1.807) is 18.5 Å². The van der Waals surface area contributed by atoms with Crippen LogP contribution in [-0.4, -0.2) is 21.8 Å². The highest BCUT2D eigenvalue weighted by molar-refractivity contribution is 5.83. The first-order chi connectivity index (χ1) is 11.8. The number of rotatable bonds is 3. The third-order valence-corrected chi connectivity index (χ3v) is 4.09. The van der Waals surface area contributed by atoms with Gasteiger partial charge in [-0.1, -0.05) is 36.4 Å². The van der Waals surface area contributed by atoms with E-state index in [4.69, 9.17) is 4.74 Å². The first-order valence-electron chi connectivity index (χ1n) is 7.66. The van der Waals surface area contributed by atoms with Gasteiger partial charge in [0.15, 0.2) is 11.5 Å². The lowest BCUT2D eigenvalue weighted by atomic mass is 10.1. The van der Waals surface area contributed by atoms with Crippen LogP contribution in [0.5, 0.6) is 11.5 Å². The van der Waals surface area contributed by atoms with Crippen molar-refractivity contribution in [3.8, 4) is 28.3 Å². The number of phenolic OH excluding ortho intramolecular Hbond substituents is 1. The van der Waals surface area contributed by atoms with E-state index in [1.165, 1.54) is 7.11 Å². The summed E-state index contributed by atoms with van der Waals surface area (Å²) in [5.41, 5.74) is 5.02. The molecule has 24 heavy (non-hydrogen) atoms. The minimum absolute atomic E-state index is 0.109. The zero-order valence-electron chi connectivity index (χ0n) is 13.2. The van der Waals surface area contributed by atoms with Gasteiger partial charge in [0.1, 0.15) is 6.33 Å². The SMILES string of the molecule is COc1ccc(-n2cnc3cc(-c4ccccc4)ccc32)cc1O. The van der Waals surface area contributed by atoms with Crippen molar-refractivity contribution in [2.75, 3.05) is 7.11 Å². The lowest BCUT2D eigenvalue weighted by Crippen LogP contribution is -1.93. The van der Waals surface area contributed by atoms with Crippen LogP contribution in [0.1, 0.15) is 0 Å². The number of aromatic nitrogens is 2. The Labute approximate surface area is 139 Å². The fourth-order valence-corrected chi connectivity index (χ4v) is 2.86. The third kappa shape index (κ3) is 2.38. The summed E-state index contributed by atoms with van der Waals surface area (Å²) in [6, 6.07) is 21.7. The maximum absolute atomic E-state index is 10.00. The van der Waals surface area contributed by atoms with Crippen molar-refractivity contribution < 1.29 is 9.84 Å². The number of hydrogen-bond acceptors (Lipinski definition) is 3. The lowest BCUT2D eigenvalue weighted by molar-refractivity contribution is 0.373. The van der Waals surface area contributed by atoms with Crippen LogP contribution in [0.15, 0.2) is 73.1 Å². The second-order valence-corrected chi connectivity index (χ2v) is 5.54. The largest absolute Gasteiger partial charge is 0.504 e. The van der Waals surface area contributed by atoms with Crippen molar-refractivity contribution >= 4 is 11.0 Å². The maximum atomic E-state index is 10.00. The van der Waals surface area contributed by atoms with Crippen LogP contribution in [0.25, 0.3) is 27.8 Å². The van der Waals surface area contributed by atoms with Gasteiger partial charge >= 0.3 is 0 Å². The van der Waals surface area contributed by atoms with Crippen molar-refractivity contribution in [2.24, 2.45) is 0 Å². The molecular weight excluding hydrogens is 300 g/mol. The summed E-state index contributed by atoms with van der Waals surface area (Å²) in [7, 11) is 1.53. The zero-order chi connectivity index (χ0) is 16.5. The minimum Gasteiger partial charge on any atom is -0.504 e. The van der Waals surface area contributed by atoms with Gasteiger partial charge in [-0.15, -0.1) is 0 Å². The van der Waals surface area contributed by atoms with Crippen molar-refractivity contribution in [3.63, 3.8) is 0 Å². The quantitative estimate of drug-likeness (QED) is 0.609. The van der Waals surface area contributed by atoms with Crippen LogP contribution >= 0.6 is 0 Å². The van der Waals surface area contributed by atoms with Crippen molar-refractivity contribution in [3.05, 3.63) is 73.1 Å². The molecule has 0 atom stereocenters. The Balaban J connectivity index is 1.80. The molecular formula is C20H16N2O2. The third-order valence-electron chi connectivity index (χ3n) is 4.09. The molecule has 0 spiro atoms. The number of imidazole rings is 1. The highest BCUT2D eigenvalue weighted by Crippen LogP contribution is 2.30. The molecule has 0 saturated heterocycles. The summed E-state index contributed by atoms with van der Waals surface area (Å²) in [5.74, 6) is 0.562. The molecule has 4 aromatic rings. The van der Waals surface area contributed by atoms with Crippen molar-refractivity contribution in [1.29, 1.82) is 0 Å². The van der Waals surface area contributed by atoms with Crippen molar-refractivity contribution in [2.45, 2.75) is 0 Å². The highest BCUT2D eigenvalue weighted by atomic mass is 16.5. The van der Waals surface area contributed by atoms with E-state index in [2.05, 4.69) is 29.2 Å². The van der Waals surface area contributed by atoms with E-state index in [0.717, 1.165) is 27.8 Å². The molecule has 4 rings (SSSR count). The number of methoxy groups -OCH3 is 1. The van der Waals surface area contributed by atoms with Gasteiger partial charge in [-0.2, -0.15) is 0 Å². The maximum Gasteiger partial charge on any atom is 0.160 e. The summed E-state index contributed by atoms with van der Waals surface area (Å²) in [5, 5.41) is 10.00. The fraction of sp³-hybridized carbons (Fsp3) is 0.0500. The predicted molar refractivity (Wildman–Crippen MR) is 94.7 cm³/mol. The zero-order valence-corrected chi connectivity index (χ0v) is 13.2. The summed E-state index contributed by atoms with van der Waals surface area (Å²) in [4.78, 5) is 4.50. The van der Waals surface area contributed by atoms with Crippen LogP contribution in [0.3, 0.4) is 0 Å². The van der Waals surface area contributed by atoms with E-state index in [9.17, 15) is 5.11 Å². The number of hydrogen-bond donors (Lipinski definition) is 1. The lowest BCUT2D eigenvalue weighted by Gasteiger charge is -2.08. The summed E-state index contributed by atoms with van der Waals surface area (Å²) in [6.07, 6.45) is 1.76. The molecule has 118 valence electrons. The van der Waals surface area contributed by atoms with Crippen LogP contribution < -0.4 is 4.74 Å². The Morgan fingerprint density at radius 1 is 0.917 bits per heavy atom. The average molecular weight is 316 g/mol. The van der Waals surface area contributed by atoms with Gasteiger partial charge in [0.05, 0.1) is 23.8 Å². The summed E-state index contributed by atoms with van der Waals surface area (Å²) < 4.78 is 7.04. The second kappa shape index (κ2) is 5.74. The van der Waals surface area contributed by atoms with E-state index in [-0.39, 0.29) is 5.75 Å². The number of phenols is 1. The number of fused-ring (bicyclic) bond motifs is 1. The van der Waals surface area contributed by atoms with Crippen LogP contribution in [0, 0.1) is 0 Å². The molecule has 1 N–H and O–H groups in total. The van der Waals surface area contributed by atoms with Crippen LogP contribution in [0.4, 0.5) is 0 Å². The monoisotopic (exact) mass is 316 g/mol. The molecule has 0 aliphatic heterocycles. The van der Waals surface area contributed by atoms with Gasteiger partial charge in [0.25, 0.3) is 0 Å². The van der Waals surface area contributed by atoms with Crippen molar-refractivity contribution in [1.82, 2.24) is 9.55 Å². The number of ether oxygens (including phenoxy) is 1. The predicted octanol–water partition coefficient (Wildman–Crippen LogP) is 4.41. The van der Waals surface area contributed by atoms with Gasteiger partial charge in [0.2, 0.25) is 0 Å². The molecule has 0 saturated carbocycles. The Hall–Kier alpha value is -3.27. The van der Waals surface area contributed by atoms with Gasteiger partial charge in [-0.3, -0.25) is 4.57 Å². The summed E-state index contributed by atoms with van der Waals surface area (Å²) >= 11 is 0. The molecule has 0 fully saturated rings. The van der Waals surface area contributed by atoms with E-state index in [0.29, 0.717) is 5.75 Å². The Bertz CT molecular complexity index is 1010. The normalized spacial score (nSPS) is 10.9. The topological polar surface area (TPSA) is 47.3 Å². The van der Waals surface area contributed by atoms with E-state index < -0.39 is 0 Å². The molecule has 0 aliphatic rings. The second-order valence-electron chi connectivity index (χ2n) is 5.54. The molecule has 0 radical (unpaired) electrons. The number of aromatic hydroxyl groups is 1. The molecule has 4 nitrogen and oxygen atoms in total. The molecule has 0 unspecified atom stereocenters. The Morgan fingerprint density at radius 3 is 2.50 bits per heavy atom. The number of benzene rings is 3. The molecule has 1 heterocycles. The average Bonchev–Trinajstić information content (AvgIpc) is 3.05. The van der Waals surface area contributed by atoms with Gasteiger partial charge in [0, 0.05) is 6.07 Å². The molecule has 0 amide bonds. The van der Waals surface area contributed by atoms with E-state index >= 15 is 0 Å². The summed E-state index contributed by atoms with van der Waals surface area (Å²) in [6.45, 7) is 0. The van der Waals surface area contributed by atoms with Gasteiger partial charge in [-0.05, 0) is 35.4 Å². The standard InChI is InChI=1S/C20H16N2O2/c1-24-20-10-8-16(12-19(20)23)22-13-21-17-11-15(7-9-18(17)22)14-5-3-2-4-6-14/h2-13,23H,1H3. The molecule has 3 aromatic carbocycles. The Morgan fingerprint density at radius 2 is 1.75 bits per heavy atom.